The number of hydrogen-bond donors (Lipinski definition) is 1. The van der Waals surface area contributed by atoms with Crippen LogP contribution in [0.3, 0.4) is 0 Å². The monoisotopic (exact) mass is 455 g/mol. The van der Waals surface area contributed by atoms with E-state index in [9.17, 15) is 4.79 Å². The fourth-order valence-corrected chi connectivity index (χ4v) is 4.32. The summed E-state index contributed by atoms with van der Waals surface area (Å²) in [5, 5.41) is 5.00. The number of carbonyl (C=O) groups is 1. The molecule has 160 valence electrons. The molecule has 0 radical (unpaired) electrons. The Morgan fingerprint density at radius 2 is 1.84 bits per heavy atom. The van der Waals surface area contributed by atoms with Crippen LogP contribution in [0.25, 0.3) is 6.08 Å². The van der Waals surface area contributed by atoms with E-state index in [2.05, 4.69) is 33.6 Å². The quantitative estimate of drug-likeness (QED) is 0.499. The van der Waals surface area contributed by atoms with Crippen LogP contribution in [0, 0.1) is 0 Å². The van der Waals surface area contributed by atoms with E-state index in [-0.39, 0.29) is 5.91 Å². The topological polar surface area (TPSA) is 53.9 Å². The number of hydrogen-bond acceptors (Lipinski definition) is 4. The molecule has 31 heavy (non-hydrogen) atoms. The highest BCUT2D eigenvalue weighted by atomic mass is 35.5. The zero-order valence-corrected chi connectivity index (χ0v) is 18.5. The van der Waals surface area contributed by atoms with Crippen LogP contribution in [-0.2, 0) is 4.74 Å². The number of amides is 1. The molecule has 2 aliphatic rings. The van der Waals surface area contributed by atoms with Crippen molar-refractivity contribution in [1.29, 1.82) is 0 Å². The summed E-state index contributed by atoms with van der Waals surface area (Å²) < 4.78 is 5.53. The number of nitrogens with one attached hydrogen (secondary N) is 1. The molecule has 0 atom stereocenters. The lowest BCUT2D eigenvalue weighted by Crippen LogP contribution is -2.36. The van der Waals surface area contributed by atoms with Crippen LogP contribution in [0.15, 0.2) is 70.5 Å². The van der Waals surface area contributed by atoms with E-state index in [1.54, 1.807) is 24.4 Å². The van der Waals surface area contributed by atoms with E-state index >= 15 is 0 Å². The average Bonchev–Trinajstić information content (AvgIpc) is 3.17. The Hall–Kier alpha value is -2.60. The fraction of sp³-hybridized carbons (Fsp3) is 0.250. The van der Waals surface area contributed by atoms with E-state index in [1.165, 1.54) is 16.8 Å². The summed E-state index contributed by atoms with van der Waals surface area (Å²) in [6.07, 6.45) is 5.78. The SMILES string of the molecule is O=C(N/N=C/C1=C(N2CCOCC2)C(=C\c2ccccc2)/CC1)c1ccc(Cl)cc1Cl. The van der Waals surface area contributed by atoms with Crippen LogP contribution in [-0.4, -0.2) is 43.3 Å². The molecule has 0 unspecified atom stereocenters. The van der Waals surface area contributed by atoms with Crippen molar-refractivity contribution in [3.63, 3.8) is 0 Å². The van der Waals surface area contributed by atoms with Gasteiger partial charge in [-0.25, -0.2) is 5.43 Å². The third-order valence-corrected chi connectivity index (χ3v) is 5.85. The van der Waals surface area contributed by atoms with Crippen molar-refractivity contribution in [2.24, 2.45) is 5.10 Å². The Labute approximate surface area is 192 Å². The Kier molecular flexibility index (Phi) is 7.07. The van der Waals surface area contributed by atoms with Crippen LogP contribution in [0.4, 0.5) is 0 Å². The largest absolute Gasteiger partial charge is 0.378 e. The number of hydrazone groups is 1. The normalized spacial score (nSPS) is 18.3. The summed E-state index contributed by atoms with van der Waals surface area (Å²) in [7, 11) is 0. The number of ether oxygens (including phenoxy) is 1. The molecule has 0 spiro atoms. The summed E-state index contributed by atoms with van der Waals surface area (Å²) in [6.45, 7) is 3.09. The number of allylic oxidation sites excluding steroid dienone is 2. The van der Waals surface area contributed by atoms with E-state index in [4.69, 9.17) is 27.9 Å². The second-order valence-electron chi connectivity index (χ2n) is 7.38. The second-order valence-corrected chi connectivity index (χ2v) is 8.22. The molecular formula is C24H23Cl2N3O2. The van der Waals surface area contributed by atoms with Crippen LogP contribution < -0.4 is 5.43 Å². The fourth-order valence-electron chi connectivity index (χ4n) is 3.82. The van der Waals surface area contributed by atoms with Gasteiger partial charge < -0.3 is 9.64 Å². The summed E-state index contributed by atoms with van der Waals surface area (Å²) in [6, 6.07) is 15.1. The molecule has 2 aromatic rings. The minimum Gasteiger partial charge on any atom is -0.378 e. The van der Waals surface area contributed by atoms with Crippen LogP contribution in [0.1, 0.15) is 28.8 Å². The Balaban J connectivity index is 1.56. The van der Waals surface area contributed by atoms with Gasteiger partial charge in [-0.2, -0.15) is 5.10 Å². The van der Waals surface area contributed by atoms with Gasteiger partial charge in [-0.3, -0.25) is 4.79 Å². The first kappa shape index (κ1) is 21.6. The van der Waals surface area contributed by atoms with Crippen molar-refractivity contribution in [3.05, 3.63) is 86.5 Å². The minimum atomic E-state index is -0.371. The van der Waals surface area contributed by atoms with E-state index in [1.807, 2.05) is 18.2 Å². The highest BCUT2D eigenvalue weighted by Crippen LogP contribution is 2.35. The molecule has 0 aromatic heterocycles. The van der Waals surface area contributed by atoms with Crippen molar-refractivity contribution in [2.75, 3.05) is 26.3 Å². The number of rotatable bonds is 5. The molecule has 1 aliphatic heterocycles. The molecule has 1 saturated heterocycles. The van der Waals surface area contributed by atoms with Crippen molar-refractivity contribution >= 4 is 41.4 Å². The molecule has 1 amide bonds. The third kappa shape index (κ3) is 5.37. The predicted octanol–water partition coefficient (Wildman–Crippen LogP) is 5.17. The number of benzene rings is 2. The van der Waals surface area contributed by atoms with Gasteiger partial charge in [-0.15, -0.1) is 0 Å². The first-order chi connectivity index (χ1) is 15.1. The molecule has 7 heteroatoms. The highest BCUT2D eigenvalue weighted by Gasteiger charge is 2.25. The molecule has 4 rings (SSSR count). The van der Waals surface area contributed by atoms with Gasteiger partial charge in [0, 0.05) is 23.8 Å². The third-order valence-electron chi connectivity index (χ3n) is 5.30. The maximum absolute atomic E-state index is 12.4. The maximum atomic E-state index is 12.4. The van der Waals surface area contributed by atoms with Crippen molar-refractivity contribution in [2.45, 2.75) is 12.8 Å². The summed E-state index contributed by atoms with van der Waals surface area (Å²) in [5.74, 6) is -0.371. The number of halogens is 2. The van der Waals surface area contributed by atoms with Gasteiger partial charge >= 0.3 is 0 Å². The standard InChI is InChI=1S/C24H23Cl2N3O2/c25-20-8-9-21(22(26)15-20)24(30)28-27-16-19-7-6-18(14-17-4-2-1-3-5-17)23(19)29-10-12-31-13-11-29/h1-5,8-9,14-16H,6-7,10-13H2,(H,28,30)/b18-14-,27-16+. The van der Waals surface area contributed by atoms with Gasteiger partial charge in [0.15, 0.2) is 0 Å². The second kappa shape index (κ2) is 10.1. The molecule has 2 aromatic carbocycles. The average molecular weight is 456 g/mol. The maximum Gasteiger partial charge on any atom is 0.272 e. The summed E-state index contributed by atoms with van der Waals surface area (Å²) >= 11 is 12.0. The Morgan fingerprint density at radius 3 is 2.58 bits per heavy atom. The van der Waals surface area contributed by atoms with Gasteiger partial charge in [-0.05, 0) is 53.8 Å². The lowest BCUT2D eigenvalue weighted by molar-refractivity contribution is 0.0548. The molecule has 0 bridgehead atoms. The summed E-state index contributed by atoms with van der Waals surface area (Å²) in [5.41, 5.74) is 7.66. The first-order valence-corrected chi connectivity index (χ1v) is 11.0. The van der Waals surface area contributed by atoms with Crippen LogP contribution in [0.2, 0.25) is 10.0 Å². The molecule has 1 N–H and O–H groups in total. The lowest BCUT2D eigenvalue weighted by Gasteiger charge is -2.31. The minimum absolute atomic E-state index is 0.294. The Morgan fingerprint density at radius 1 is 1.06 bits per heavy atom. The van der Waals surface area contributed by atoms with Gasteiger partial charge in [0.1, 0.15) is 0 Å². The predicted molar refractivity (Wildman–Crippen MR) is 125 cm³/mol. The molecule has 1 aliphatic carbocycles. The van der Waals surface area contributed by atoms with E-state index in [0.29, 0.717) is 28.8 Å². The van der Waals surface area contributed by atoms with Gasteiger partial charge in [-0.1, -0.05) is 53.5 Å². The number of morpholine rings is 1. The van der Waals surface area contributed by atoms with E-state index < -0.39 is 0 Å². The zero-order valence-electron chi connectivity index (χ0n) is 17.0. The van der Waals surface area contributed by atoms with Crippen molar-refractivity contribution in [3.8, 4) is 0 Å². The highest BCUT2D eigenvalue weighted by molar-refractivity contribution is 6.36. The summed E-state index contributed by atoms with van der Waals surface area (Å²) in [4.78, 5) is 14.8. The van der Waals surface area contributed by atoms with Crippen LogP contribution >= 0.6 is 23.2 Å². The first-order valence-electron chi connectivity index (χ1n) is 10.2. The van der Waals surface area contributed by atoms with Gasteiger partial charge in [0.05, 0.1) is 30.0 Å². The molecule has 1 heterocycles. The lowest BCUT2D eigenvalue weighted by atomic mass is 10.1. The number of carbonyl (C=O) groups excluding carboxylic acids is 1. The molecule has 5 nitrogen and oxygen atoms in total. The van der Waals surface area contributed by atoms with Crippen molar-refractivity contribution < 1.29 is 9.53 Å². The number of nitrogens with zero attached hydrogens (tertiary/aromatic N) is 2. The van der Waals surface area contributed by atoms with Gasteiger partial charge in [0.25, 0.3) is 5.91 Å². The zero-order chi connectivity index (χ0) is 21.6. The van der Waals surface area contributed by atoms with Gasteiger partial charge in [0.2, 0.25) is 0 Å². The van der Waals surface area contributed by atoms with E-state index in [0.717, 1.165) is 31.5 Å². The van der Waals surface area contributed by atoms with Crippen LogP contribution in [0.5, 0.6) is 0 Å². The Bertz CT molecular complexity index is 1040. The van der Waals surface area contributed by atoms with Crippen molar-refractivity contribution in [1.82, 2.24) is 10.3 Å². The molecule has 1 fully saturated rings. The molecule has 0 saturated carbocycles. The molecular weight excluding hydrogens is 433 g/mol. The smallest absolute Gasteiger partial charge is 0.272 e.